The fraction of sp³-hybridized carbons (Fsp3) is 0.769. The van der Waals surface area contributed by atoms with Crippen LogP contribution < -0.4 is 0 Å². The summed E-state index contributed by atoms with van der Waals surface area (Å²) in [6, 6.07) is 0. The first-order valence-electron chi connectivity index (χ1n) is 5.90. The number of carbonyl (C=O) groups excluding carboxylic acids is 1. The van der Waals surface area contributed by atoms with Crippen LogP contribution in [0.5, 0.6) is 0 Å². The molecule has 1 nitrogen and oxygen atoms in total. The Balaban J connectivity index is 3.48. The van der Waals surface area contributed by atoms with Gasteiger partial charge < -0.3 is 0 Å². The fourth-order valence-corrected chi connectivity index (χ4v) is 1.48. The lowest BCUT2D eigenvalue weighted by Gasteiger charge is -2.08. The molecule has 0 aliphatic rings. The highest BCUT2D eigenvalue weighted by molar-refractivity contribution is 5.80. The summed E-state index contributed by atoms with van der Waals surface area (Å²) in [6.45, 7) is 6.26. The molecule has 0 saturated carbocycles. The van der Waals surface area contributed by atoms with E-state index in [4.69, 9.17) is 0 Å². The van der Waals surface area contributed by atoms with Crippen LogP contribution in [0.4, 0.5) is 0 Å². The van der Waals surface area contributed by atoms with Gasteiger partial charge in [-0.3, -0.25) is 4.79 Å². The number of unbranched alkanes of at least 4 members (excludes halogenated alkanes) is 1. The summed E-state index contributed by atoms with van der Waals surface area (Å²) in [4.78, 5) is 11.4. The summed E-state index contributed by atoms with van der Waals surface area (Å²) < 4.78 is 0. The zero-order chi connectivity index (χ0) is 10.8. The number of Topliss-reactive ketones (excluding diaryl/α,β-unsaturated/α-hetero) is 1. The molecule has 0 fully saturated rings. The molecule has 0 aliphatic heterocycles. The van der Waals surface area contributed by atoms with Crippen molar-refractivity contribution in [2.75, 3.05) is 0 Å². The highest BCUT2D eigenvalue weighted by Crippen LogP contribution is 2.12. The molecule has 0 rings (SSSR count). The van der Waals surface area contributed by atoms with Crippen molar-refractivity contribution in [3.63, 3.8) is 0 Å². The average Bonchev–Trinajstić information content (AvgIpc) is 2.17. The van der Waals surface area contributed by atoms with Gasteiger partial charge in [0.1, 0.15) is 5.78 Å². The van der Waals surface area contributed by atoms with Crippen LogP contribution >= 0.6 is 0 Å². The monoisotopic (exact) mass is 196 g/mol. The third kappa shape index (κ3) is 6.88. The van der Waals surface area contributed by atoms with Crippen LogP contribution in [0.2, 0.25) is 0 Å². The fourth-order valence-electron chi connectivity index (χ4n) is 1.48. The van der Waals surface area contributed by atoms with Gasteiger partial charge in [0.05, 0.1) is 0 Å². The molecule has 1 atom stereocenters. The van der Waals surface area contributed by atoms with E-state index >= 15 is 0 Å². The van der Waals surface area contributed by atoms with Crippen molar-refractivity contribution in [2.45, 2.75) is 59.3 Å². The summed E-state index contributed by atoms with van der Waals surface area (Å²) in [7, 11) is 0. The Hall–Kier alpha value is -0.590. The summed E-state index contributed by atoms with van der Waals surface area (Å²) >= 11 is 0. The SMILES string of the molecule is CC/C=C\CCCC(C)C(=O)CCC. The Morgan fingerprint density at radius 3 is 2.57 bits per heavy atom. The molecule has 1 heteroatoms. The molecule has 0 radical (unpaired) electrons. The quantitative estimate of drug-likeness (QED) is 0.421. The van der Waals surface area contributed by atoms with Crippen LogP contribution in [0, 0.1) is 5.92 Å². The van der Waals surface area contributed by atoms with Gasteiger partial charge in [0.2, 0.25) is 0 Å². The largest absolute Gasteiger partial charge is 0.299 e. The van der Waals surface area contributed by atoms with E-state index in [0.717, 1.165) is 38.5 Å². The van der Waals surface area contributed by atoms with Crippen molar-refractivity contribution < 1.29 is 4.79 Å². The number of ketones is 1. The van der Waals surface area contributed by atoms with Crippen LogP contribution in [-0.4, -0.2) is 5.78 Å². The minimum absolute atomic E-state index is 0.268. The highest BCUT2D eigenvalue weighted by Gasteiger charge is 2.10. The molecular formula is C13H24O. The van der Waals surface area contributed by atoms with Gasteiger partial charge in [0, 0.05) is 12.3 Å². The van der Waals surface area contributed by atoms with E-state index < -0.39 is 0 Å². The first-order chi connectivity index (χ1) is 6.72. The minimum atomic E-state index is 0.268. The van der Waals surface area contributed by atoms with Crippen molar-refractivity contribution >= 4 is 5.78 Å². The van der Waals surface area contributed by atoms with E-state index in [2.05, 4.69) is 32.9 Å². The number of carbonyl (C=O) groups is 1. The first-order valence-corrected chi connectivity index (χ1v) is 5.90. The normalized spacial score (nSPS) is 13.4. The van der Waals surface area contributed by atoms with Crippen molar-refractivity contribution in [1.82, 2.24) is 0 Å². The first kappa shape index (κ1) is 13.4. The van der Waals surface area contributed by atoms with Gasteiger partial charge >= 0.3 is 0 Å². The molecule has 0 bridgehead atoms. The summed E-state index contributed by atoms with van der Waals surface area (Å²) in [5.41, 5.74) is 0. The molecule has 0 aromatic heterocycles. The Morgan fingerprint density at radius 2 is 2.00 bits per heavy atom. The molecule has 0 aromatic rings. The molecule has 0 aliphatic carbocycles. The zero-order valence-corrected chi connectivity index (χ0v) is 9.88. The molecule has 0 spiro atoms. The van der Waals surface area contributed by atoms with E-state index in [9.17, 15) is 4.79 Å². The second kappa shape index (κ2) is 8.98. The van der Waals surface area contributed by atoms with Gasteiger partial charge in [-0.2, -0.15) is 0 Å². The molecule has 1 unspecified atom stereocenters. The topological polar surface area (TPSA) is 17.1 Å². The lowest BCUT2D eigenvalue weighted by Crippen LogP contribution is -2.09. The van der Waals surface area contributed by atoms with Crippen molar-refractivity contribution in [3.8, 4) is 0 Å². The predicted octanol–water partition coefficient (Wildman–Crippen LogP) is 4.13. The molecule has 0 heterocycles. The molecule has 0 N–H and O–H groups in total. The van der Waals surface area contributed by atoms with Crippen LogP contribution in [0.1, 0.15) is 59.3 Å². The second-order valence-corrected chi connectivity index (χ2v) is 3.93. The van der Waals surface area contributed by atoms with Crippen molar-refractivity contribution in [1.29, 1.82) is 0 Å². The van der Waals surface area contributed by atoms with Gasteiger partial charge in [-0.05, 0) is 32.1 Å². The number of hydrogen-bond acceptors (Lipinski definition) is 1. The van der Waals surface area contributed by atoms with E-state index in [1.165, 1.54) is 0 Å². The third-order valence-electron chi connectivity index (χ3n) is 2.46. The third-order valence-corrected chi connectivity index (χ3v) is 2.46. The second-order valence-electron chi connectivity index (χ2n) is 3.93. The smallest absolute Gasteiger partial charge is 0.135 e. The van der Waals surface area contributed by atoms with Gasteiger partial charge in [-0.1, -0.05) is 32.9 Å². The minimum Gasteiger partial charge on any atom is -0.299 e. The number of allylic oxidation sites excluding steroid dienone is 2. The van der Waals surface area contributed by atoms with Crippen LogP contribution in [0.15, 0.2) is 12.2 Å². The van der Waals surface area contributed by atoms with E-state index in [1.54, 1.807) is 0 Å². The van der Waals surface area contributed by atoms with Gasteiger partial charge in [-0.15, -0.1) is 0 Å². The standard InChI is InChI=1S/C13H24O/c1-4-6-7-8-9-11-12(3)13(14)10-5-2/h6-7,12H,4-5,8-11H2,1-3H3/b7-6-. The maximum absolute atomic E-state index is 11.4. The summed E-state index contributed by atoms with van der Waals surface area (Å²) in [6.07, 6.45) is 10.6. The highest BCUT2D eigenvalue weighted by atomic mass is 16.1. The molecule has 0 aromatic carbocycles. The van der Waals surface area contributed by atoms with Crippen LogP contribution in [0.25, 0.3) is 0 Å². The maximum atomic E-state index is 11.4. The van der Waals surface area contributed by atoms with Crippen molar-refractivity contribution in [2.24, 2.45) is 5.92 Å². The molecule has 0 saturated heterocycles. The molecule has 82 valence electrons. The predicted molar refractivity (Wildman–Crippen MR) is 62.4 cm³/mol. The Kier molecular flexibility index (Phi) is 8.61. The lowest BCUT2D eigenvalue weighted by molar-refractivity contribution is -0.122. The van der Waals surface area contributed by atoms with E-state index in [0.29, 0.717) is 5.78 Å². The van der Waals surface area contributed by atoms with Crippen LogP contribution in [0.3, 0.4) is 0 Å². The van der Waals surface area contributed by atoms with Crippen molar-refractivity contribution in [3.05, 3.63) is 12.2 Å². The Morgan fingerprint density at radius 1 is 1.29 bits per heavy atom. The lowest BCUT2D eigenvalue weighted by atomic mass is 9.96. The van der Waals surface area contributed by atoms with E-state index in [1.807, 2.05) is 0 Å². The summed E-state index contributed by atoms with van der Waals surface area (Å²) in [5.74, 6) is 0.706. The van der Waals surface area contributed by atoms with Crippen LogP contribution in [-0.2, 0) is 4.79 Å². The average molecular weight is 196 g/mol. The Labute approximate surface area is 88.6 Å². The maximum Gasteiger partial charge on any atom is 0.135 e. The van der Waals surface area contributed by atoms with Gasteiger partial charge in [0.15, 0.2) is 0 Å². The van der Waals surface area contributed by atoms with E-state index in [-0.39, 0.29) is 5.92 Å². The summed E-state index contributed by atoms with van der Waals surface area (Å²) in [5, 5.41) is 0. The number of rotatable bonds is 8. The molecular weight excluding hydrogens is 172 g/mol. The zero-order valence-electron chi connectivity index (χ0n) is 9.88. The molecule has 0 amide bonds. The molecule has 14 heavy (non-hydrogen) atoms. The Bertz CT molecular complexity index is 170. The van der Waals surface area contributed by atoms with Gasteiger partial charge in [-0.25, -0.2) is 0 Å². The van der Waals surface area contributed by atoms with Gasteiger partial charge in [0.25, 0.3) is 0 Å². The number of hydrogen-bond donors (Lipinski definition) is 0.